The number of thiazole rings is 1. The van der Waals surface area contributed by atoms with Crippen LogP contribution in [0.4, 0.5) is 5.13 Å². The van der Waals surface area contributed by atoms with Crippen LogP contribution in [0.25, 0.3) is 0 Å². The summed E-state index contributed by atoms with van der Waals surface area (Å²) in [5.41, 5.74) is 6.66. The van der Waals surface area contributed by atoms with Crippen LogP contribution < -0.4 is 11.1 Å². The highest BCUT2D eigenvalue weighted by atomic mass is 32.1. The van der Waals surface area contributed by atoms with Gasteiger partial charge < -0.3 is 11.1 Å². The highest BCUT2D eigenvalue weighted by Gasteiger charge is 2.09. The number of rotatable bonds is 2. The minimum absolute atomic E-state index is 0.137. The standard InChI is InChI=1S/C8H15N3S/c1-8(2,3)10-4-6-5-12-7(9)11-6/h5,10H,4H2,1-3H3,(H2,9,11). The van der Waals surface area contributed by atoms with Crippen molar-refractivity contribution in [2.24, 2.45) is 0 Å². The van der Waals surface area contributed by atoms with Gasteiger partial charge in [0.15, 0.2) is 5.13 Å². The zero-order valence-corrected chi connectivity index (χ0v) is 8.53. The molecule has 3 N–H and O–H groups in total. The molecule has 68 valence electrons. The molecule has 0 saturated heterocycles. The number of hydrogen-bond donors (Lipinski definition) is 2. The van der Waals surface area contributed by atoms with Gasteiger partial charge in [-0.2, -0.15) is 0 Å². The predicted octanol–water partition coefficient (Wildman–Crippen LogP) is 1.61. The van der Waals surface area contributed by atoms with Gasteiger partial charge >= 0.3 is 0 Å². The molecular weight excluding hydrogens is 170 g/mol. The highest BCUT2D eigenvalue weighted by Crippen LogP contribution is 2.11. The number of aromatic nitrogens is 1. The predicted molar refractivity (Wildman–Crippen MR) is 53.1 cm³/mol. The Hall–Kier alpha value is -0.610. The van der Waals surface area contributed by atoms with E-state index in [2.05, 4.69) is 31.1 Å². The second kappa shape index (κ2) is 3.41. The van der Waals surface area contributed by atoms with Crippen molar-refractivity contribution in [3.63, 3.8) is 0 Å². The summed E-state index contributed by atoms with van der Waals surface area (Å²) in [6, 6.07) is 0. The van der Waals surface area contributed by atoms with E-state index in [1.54, 1.807) is 0 Å². The van der Waals surface area contributed by atoms with Crippen LogP contribution in [0, 0.1) is 0 Å². The smallest absolute Gasteiger partial charge is 0.180 e. The van der Waals surface area contributed by atoms with Crippen molar-refractivity contribution in [1.29, 1.82) is 0 Å². The zero-order valence-electron chi connectivity index (χ0n) is 7.72. The van der Waals surface area contributed by atoms with E-state index in [4.69, 9.17) is 5.73 Å². The topological polar surface area (TPSA) is 50.9 Å². The maximum absolute atomic E-state index is 5.50. The molecule has 0 fully saturated rings. The Morgan fingerprint density at radius 3 is 2.67 bits per heavy atom. The first-order valence-corrected chi connectivity index (χ1v) is 4.80. The lowest BCUT2D eigenvalue weighted by molar-refractivity contribution is 0.422. The van der Waals surface area contributed by atoms with Gasteiger partial charge in [-0.25, -0.2) is 4.98 Å². The molecule has 1 rings (SSSR count). The molecule has 0 bridgehead atoms. The van der Waals surface area contributed by atoms with Gasteiger partial charge in [0.05, 0.1) is 5.69 Å². The quantitative estimate of drug-likeness (QED) is 0.736. The van der Waals surface area contributed by atoms with Gasteiger partial charge in [0.25, 0.3) is 0 Å². The number of hydrogen-bond acceptors (Lipinski definition) is 4. The molecule has 0 amide bonds. The molecule has 0 aliphatic carbocycles. The van der Waals surface area contributed by atoms with E-state index >= 15 is 0 Å². The fraction of sp³-hybridized carbons (Fsp3) is 0.625. The molecule has 12 heavy (non-hydrogen) atoms. The molecule has 0 unspecified atom stereocenters. The molecule has 1 aromatic rings. The first kappa shape index (κ1) is 9.48. The molecule has 1 aromatic heterocycles. The van der Waals surface area contributed by atoms with E-state index in [9.17, 15) is 0 Å². The van der Waals surface area contributed by atoms with Gasteiger partial charge in [-0.15, -0.1) is 11.3 Å². The molecule has 0 aromatic carbocycles. The molecule has 0 atom stereocenters. The lowest BCUT2D eigenvalue weighted by atomic mass is 10.1. The SMILES string of the molecule is CC(C)(C)NCc1csc(N)n1. The average Bonchev–Trinajstić information content (AvgIpc) is 2.30. The summed E-state index contributed by atoms with van der Waals surface area (Å²) in [5.74, 6) is 0. The third-order valence-corrected chi connectivity index (χ3v) is 2.09. The van der Waals surface area contributed by atoms with E-state index in [0.717, 1.165) is 12.2 Å². The van der Waals surface area contributed by atoms with E-state index in [1.807, 2.05) is 5.38 Å². The summed E-state index contributed by atoms with van der Waals surface area (Å²) in [5, 5.41) is 5.96. The summed E-state index contributed by atoms with van der Waals surface area (Å²) in [6.45, 7) is 7.17. The van der Waals surface area contributed by atoms with Crippen molar-refractivity contribution in [3.05, 3.63) is 11.1 Å². The summed E-state index contributed by atoms with van der Waals surface area (Å²) in [4.78, 5) is 4.15. The minimum Gasteiger partial charge on any atom is -0.375 e. The molecule has 0 radical (unpaired) electrons. The zero-order chi connectivity index (χ0) is 9.19. The number of nitrogen functional groups attached to an aromatic ring is 1. The molecule has 0 saturated carbocycles. The van der Waals surface area contributed by atoms with Crippen molar-refractivity contribution in [2.45, 2.75) is 32.9 Å². The summed E-state index contributed by atoms with van der Waals surface area (Å²) >= 11 is 1.48. The lowest BCUT2D eigenvalue weighted by Gasteiger charge is -2.19. The Morgan fingerprint density at radius 2 is 2.25 bits per heavy atom. The van der Waals surface area contributed by atoms with Crippen molar-refractivity contribution in [2.75, 3.05) is 5.73 Å². The summed E-state index contributed by atoms with van der Waals surface area (Å²) in [7, 11) is 0. The van der Waals surface area contributed by atoms with E-state index in [0.29, 0.717) is 5.13 Å². The molecule has 0 spiro atoms. The summed E-state index contributed by atoms with van der Waals surface area (Å²) in [6.07, 6.45) is 0. The maximum Gasteiger partial charge on any atom is 0.180 e. The van der Waals surface area contributed by atoms with Crippen molar-refractivity contribution < 1.29 is 0 Å². The minimum atomic E-state index is 0.137. The van der Waals surface area contributed by atoms with Crippen LogP contribution in [0.5, 0.6) is 0 Å². The van der Waals surface area contributed by atoms with Crippen molar-refractivity contribution in [1.82, 2.24) is 10.3 Å². The van der Waals surface area contributed by atoms with Gasteiger partial charge in [0.1, 0.15) is 0 Å². The van der Waals surface area contributed by atoms with Crippen LogP contribution in [0.15, 0.2) is 5.38 Å². The molecule has 3 nitrogen and oxygen atoms in total. The van der Waals surface area contributed by atoms with Crippen LogP contribution in [0.1, 0.15) is 26.5 Å². The first-order valence-electron chi connectivity index (χ1n) is 3.92. The van der Waals surface area contributed by atoms with Gasteiger partial charge in [0.2, 0.25) is 0 Å². The van der Waals surface area contributed by atoms with E-state index in [-0.39, 0.29) is 5.54 Å². The third kappa shape index (κ3) is 3.19. The van der Waals surface area contributed by atoms with Crippen LogP contribution in [-0.2, 0) is 6.54 Å². The monoisotopic (exact) mass is 185 g/mol. The fourth-order valence-electron chi connectivity index (χ4n) is 0.760. The van der Waals surface area contributed by atoms with Crippen LogP contribution in [0.2, 0.25) is 0 Å². The summed E-state index contributed by atoms with van der Waals surface area (Å²) < 4.78 is 0. The first-order chi connectivity index (χ1) is 5.47. The Bertz CT molecular complexity index is 249. The number of nitrogens with two attached hydrogens (primary N) is 1. The third-order valence-electron chi connectivity index (χ3n) is 1.37. The van der Waals surface area contributed by atoms with E-state index in [1.165, 1.54) is 11.3 Å². The Morgan fingerprint density at radius 1 is 1.58 bits per heavy atom. The Labute approximate surface area is 77.0 Å². The van der Waals surface area contributed by atoms with Gasteiger partial charge in [-0.05, 0) is 20.8 Å². The maximum atomic E-state index is 5.50. The second-order valence-electron chi connectivity index (χ2n) is 3.78. The Balaban J connectivity index is 2.44. The number of anilines is 1. The molecule has 0 aliphatic rings. The second-order valence-corrected chi connectivity index (χ2v) is 4.67. The van der Waals surface area contributed by atoms with Crippen LogP contribution in [-0.4, -0.2) is 10.5 Å². The van der Waals surface area contributed by atoms with Crippen molar-refractivity contribution >= 4 is 16.5 Å². The number of nitrogens with one attached hydrogen (secondary N) is 1. The fourth-order valence-corrected chi connectivity index (χ4v) is 1.32. The largest absolute Gasteiger partial charge is 0.375 e. The Kier molecular flexibility index (Phi) is 2.69. The molecule has 1 heterocycles. The van der Waals surface area contributed by atoms with Crippen molar-refractivity contribution in [3.8, 4) is 0 Å². The molecule has 0 aliphatic heterocycles. The lowest BCUT2D eigenvalue weighted by Crippen LogP contribution is -2.35. The van der Waals surface area contributed by atoms with Crippen LogP contribution >= 0.6 is 11.3 Å². The normalized spacial score (nSPS) is 11.9. The van der Waals surface area contributed by atoms with Gasteiger partial charge in [0, 0.05) is 17.5 Å². The van der Waals surface area contributed by atoms with Crippen LogP contribution in [0.3, 0.4) is 0 Å². The van der Waals surface area contributed by atoms with E-state index < -0.39 is 0 Å². The van der Waals surface area contributed by atoms with Gasteiger partial charge in [-0.3, -0.25) is 0 Å². The number of nitrogens with zero attached hydrogens (tertiary/aromatic N) is 1. The average molecular weight is 185 g/mol. The molecule has 4 heteroatoms. The highest BCUT2D eigenvalue weighted by molar-refractivity contribution is 7.13. The molecular formula is C8H15N3S. The van der Waals surface area contributed by atoms with Gasteiger partial charge in [-0.1, -0.05) is 0 Å².